The topological polar surface area (TPSA) is 111 Å². The predicted molar refractivity (Wildman–Crippen MR) is 57.1 cm³/mol. The summed E-state index contributed by atoms with van der Waals surface area (Å²) in [7, 11) is 0. The second kappa shape index (κ2) is 4.44. The fourth-order valence-corrected chi connectivity index (χ4v) is 2.00. The number of ether oxygens (including phenoxy) is 1. The summed E-state index contributed by atoms with van der Waals surface area (Å²) in [6, 6.07) is 0. The lowest BCUT2D eigenvalue weighted by molar-refractivity contribution is -0.0449. The molecule has 1 aromatic rings. The van der Waals surface area contributed by atoms with E-state index in [1.54, 1.807) is 11.5 Å². The van der Waals surface area contributed by atoms with E-state index in [1.807, 2.05) is 0 Å². The molecule has 0 aliphatic carbocycles. The Bertz CT molecular complexity index is 431. The van der Waals surface area contributed by atoms with Gasteiger partial charge in [0.15, 0.2) is 0 Å². The highest BCUT2D eigenvalue weighted by molar-refractivity contribution is 5.91. The molecule has 1 fully saturated rings. The van der Waals surface area contributed by atoms with E-state index >= 15 is 0 Å². The largest absolute Gasteiger partial charge is 0.394 e. The third kappa shape index (κ3) is 2.04. The molecular formula is C10H15N3O4. The minimum absolute atomic E-state index is 0.190. The van der Waals surface area contributed by atoms with Gasteiger partial charge < -0.3 is 25.3 Å². The summed E-state index contributed by atoms with van der Waals surface area (Å²) >= 11 is 0. The standard InChI is InChI=1S/C10H15N3O4/c1-5-9(10(11)16)12-4-13(5)8-2-6(15)7(3-14)17-8/h4,6-8,14-15H,2-3H2,1H3,(H2,11,16)/t6-,7+,8+/m0/s1. The summed E-state index contributed by atoms with van der Waals surface area (Å²) < 4.78 is 7.09. The Morgan fingerprint density at radius 3 is 2.94 bits per heavy atom. The normalized spacial score (nSPS) is 28.5. The van der Waals surface area contributed by atoms with Gasteiger partial charge in [-0.3, -0.25) is 4.79 Å². The zero-order valence-electron chi connectivity index (χ0n) is 9.41. The van der Waals surface area contributed by atoms with Crippen molar-refractivity contribution in [1.29, 1.82) is 0 Å². The molecule has 1 aromatic heterocycles. The molecule has 0 radical (unpaired) electrons. The lowest BCUT2D eigenvalue weighted by Gasteiger charge is -2.14. The van der Waals surface area contributed by atoms with Crippen LogP contribution in [0.15, 0.2) is 6.33 Å². The van der Waals surface area contributed by atoms with Crippen molar-refractivity contribution in [3.05, 3.63) is 17.7 Å². The molecule has 1 amide bonds. The number of nitrogens with zero attached hydrogens (tertiary/aromatic N) is 2. The molecule has 1 saturated heterocycles. The minimum atomic E-state index is -0.719. The molecule has 1 aliphatic rings. The first kappa shape index (κ1) is 12.0. The lowest BCUT2D eigenvalue weighted by atomic mass is 10.2. The zero-order chi connectivity index (χ0) is 12.6. The van der Waals surface area contributed by atoms with Gasteiger partial charge >= 0.3 is 0 Å². The van der Waals surface area contributed by atoms with Crippen molar-refractivity contribution >= 4 is 5.91 Å². The molecule has 7 nitrogen and oxygen atoms in total. The Balaban J connectivity index is 2.22. The molecule has 0 unspecified atom stereocenters. The molecule has 0 saturated carbocycles. The molecule has 0 bridgehead atoms. The first-order valence-electron chi connectivity index (χ1n) is 5.32. The molecular weight excluding hydrogens is 226 g/mol. The van der Waals surface area contributed by atoms with E-state index in [9.17, 15) is 9.90 Å². The maximum absolute atomic E-state index is 11.1. The quantitative estimate of drug-likeness (QED) is 0.624. The maximum Gasteiger partial charge on any atom is 0.269 e. The number of carbonyl (C=O) groups excluding carboxylic acids is 1. The van der Waals surface area contributed by atoms with Crippen molar-refractivity contribution in [2.45, 2.75) is 31.8 Å². The van der Waals surface area contributed by atoms with Crippen molar-refractivity contribution in [2.75, 3.05) is 6.61 Å². The third-order valence-electron chi connectivity index (χ3n) is 2.97. The second-order valence-electron chi connectivity index (χ2n) is 4.06. The highest BCUT2D eigenvalue weighted by Gasteiger charge is 2.35. The average Bonchev–Trinajstić information content (AvgIpc) is 2.81. The van der Waals surface area contributed by atoms with E-state index in [-0.39, 0.29) is 12.3 Å². The molecule has 0 spiro atoms. The molecule has 2 heterocycles. The number of amides is 1. The van der Waals surface area contributed by atoms with Crippen LogP contribution in [0.25, 0.3) is 0 Å². The second-order valence-corrected chi connectivity index (χ2v) is 4.06. The number of nitrogens with two attached hydrogens (primary N) is 1. The Labute approximate surface area is 97.8 Å². The molecule has 3 atom stereocenters. The first-order chi connectivity index (χ1) is 8.04. The maximum atomic E-state index is 11.1. The molecule has 2 rings (SSSR count). The lowest BCUT2D eigenvalue weighted by Crippen LogP contribution is -2.24. The molecule has 0 aromatic carbocycles. The number of hydrogen-bond donors (Lipinski definition) is 3. The molecule has 1 aliphatic heterocycles. The van der Waals surface area contributed by atoms with Crippen LogP contribution in [0, 0.1) is 6.92 Å². The van der Waals surface area contributed by atoms with E-state index in [4.69, 9.17) is 15.6 Å². The van der Waals surface area contributed by atoms with Crippen molar-refractivity contribution in [1.82, 2.24) is 9.55 Å². The zero-order valence-corrected chi connectivity index (χ0v) is 9.41. The molecule has 94 valence electrons. The van der Waals surface area contributed by atoms with Gasteiger partial charge in [0.1, 0.15) is 18.0 Å². The van der Waals surface area contributed by atoms with E-state index in [0.29, 0.717) is 12.1 Å². The van der Waals surface area contributed by atoms with Crippen LogP contribution in [-0.4, -0.2) is 44.5 Å². The predicted octanol–water partition coefficient (Wildman–Crippen LogP) is -1.07. The van der Waals surface area contributed by atoms with Crippen LogP contribution >= 0.6 is 0 Å². The summed E-state index contributed by atoms with van der Waals surface area (Å²) in [6.07, 6.45) is 0.0538. The van der Waals surface area contributed by atoms with Crippen molar-refractivity contribution in [2.24, 2.45) is 5.73 Å². The monoisotopic (exact) mass is 241 g/mol. The summed E-state index contributed by atoms with van der Waals surface area (Å²) in [5, 5.41) is 18.6. The van der Waals surface area contributed by atoms with Crippen LogP contribution in [0.1, 0.15) is 28.8 Å². The van der Waals surface area contributed by atoms with Crippen LogP contribution in [0.3, 0.4) is 0 Å². The van der Waals surface area contributed by atoms with E-state index in [1.165, 1.54) is 6.33 Å². The van der Waals surface area contributed by atoms with Gasteiger partial charge in [-0.1, -0.05) is 0 Å². The molecule has 7 heteroatoms. The van der Waals surface area contributed by atoms with E-state index < -0.39 is 24.3 Å². The summed E-state index contributed by atoms with van der Waals surface area (Å²) in [6.45, 7) is 1.46. The highest BCUT2D eigenvalue weighted by atomic mass is 16.5. The Morgan fingerprint density at radius 1 is 1.76 bits per heavy atom. The number of imidazole rings is 1. The van der Waals surface area contributed by atoms with Crippen molar-refractivity contribution in [3.63, 3.8) is 0 Å². The van der Waals surface area contributed by atoms with Crippen LogP contribution in [0.2, 0.25) is 0 Å². The number of hydrogen-bond acceptors (Lipinski definition) is 5. The van der Waals surface area contributed by atoms with Crippen molar-refractivity contribution in [3.8, 4) is 0 Å². The Kier molecular flexibility index (Phi) is 3.14. The third-order valence-corrected chi connectivity index (χ3v) is 2.97. The van der Waals surface area contributed by atoms with Crippen LogP contribution in [0.5, 0.6) is 0 Å². The van der Waals surface area contributed by atoms with Crippen molar-refractivity contribution < 1.29 is 19.7 Å². The number of primary amides is 1. The summed E-state index contributed by atoms with van der Waals surface area (Å²) in [5.41, 5.74) is 5.94. The fourth-order valence-electron chi connectivity index (χ4n) is 2.00. The fraction of sp³-hybridized carbons (Fsp3) is 0.600. The average molecular weight is 241 g/mol. The first-order valence-corrected chi connectivity index (χ1v) is 5.32. The number of carbonyl (C=O) groups is 1. The minimum Gasteiger partial charge on any atom is -0.394 e. The number of rotatable bonds is 3. The van der Waals surface area contributed by atoms with E-state index in [2.05, 4.69) is 4.98 Å². The highest BCUT2D eigenvalue weighted by Crippen LogP contribution is 2.29. The summed E-state index contributed by atoms with van der Waals surface area (Å²) in [4.78, 5) is 15.0. The smallest absolute Gasteiger partial charge is 0.269 e. The van der Waals surface area contributed by atoms with Gasteiger partial charge in [0.05, 0.1) is 19.0 Å². The van der Waals surface area contributed by atoms with Crippen LogP contribution < -0.4 is 5.73 Å². The SMILES string of the molecule is Cc1c(C(N)=O)ncn1[C@H]1C[C@H](O)[C@@H](CO)O1. The summed E-state index contributed by atoms with van der Waals surface area (Å²) in [5.74, 6) is -0.599. The number of aliphatic hydroxyl groups is 2. The van der Waals surface area contributed by atoms with Gasteiger partial charge in [-0.05, 0) is 6.92 Å². The van der Waals surface area contributed by atoms with Crippen LogP contribution in [-0.2, 0) is 4.74 Å². The van der Waals surface area contributed by atoms with Gasteiger partial charge in [0.25, 0.3) is 5.91 Å². The Hall–Kier alpha value is -1.44. The van der Waals surface area contributed by atoms with Gasteiger partial charge in [0.2, 0.25) is 0 Å². The van der Waals surface area contributed by atoms with E-state index in [0.717, 1.165) is 0 Å². The molecule has 17 heavy (non-hydrogen) atoms. The van der Waals surface area contributed by atoms with Gasteiger partial charge in [-0.15, -0.1) is 0 Å². The van der Waals surface area contributed by atoms with Crippen LogP contribution in [0.4, 0.5) is 0 Å². The number of aliphatic hydroxyl groups excluding tert-OH is 2. The Morgan fingerprint density at radius 2 is 2.47 bits per heavy atom. The van der Waals surface area contributed by atoms with Gasteiger partial charge in [0, 0.05) is 12.1 Å². The van der Waals surface area contributed by atoms with Gasteiger partial charge in [-0.2, -0.15) is 0 Å². The number of aromatic nitrogens is 2. The van der Waals surface area contributed by atoms with Gasteiger partial charge in [-0.25, -0.2) is 4.98 Å². The molecule has 4 N–H and O–H groups in total.